The average molecular weight is 187 g/mol. The minimum atomic E-state index is -1.29. The summed E-state index contributed by atoms with van der Waals surface area (Å²) >= 11 is 0. The van der Waals surface area contributed by atoms with E-state index in [0.29, 0.717) is 5.56 Å². The van der Waals surface area contributed by atoms with E-state index < -0.39 is 5.72 Å². The van der Waals surface area contributed by atoms with Crippen LogP contribution in [0.1, 0.15) is 12.5 Å². The van der Waals surface area contributed by atoms with Gasteiger partial charge in [-0.1, -0.05) is 37.3 Å². The molecule has 1 aromatic carbocycles. The van der Waals surface area contributed by atoms with E-state index in [1.54, 1.807) is 25.5 Å². The molecule has 0 bridgehead atoms. The summed E-state index contributed by atoms with van der Waals surface area (Å²) in [6.45, 7) is 1.73. The summed E-state index contributed by atoms with van der Waals surface area (Å²) in [6.07, 6.45) is 1.56. The van der Waals surface area contributed by atoms with Gasteiger partial charge in [-0.05, 0) is 5.56 Å². The fourth-order valence-corrected chi connectivity index (χ4v) is 0.872. The number of nitrogens with two attached hydrogens (primary N) is 1. The third kappa shape index (κ3) is 2.48. The van der Waals surface area contributed by atoms with Crippen LogP contribution in [0.25, 0.3) is 0 Å². The molecular weight excluding hydrogens is 174 g/mol. The molecule has 0 fully saturated rings. The predicted molar refractivity (Wildman–Crippen MR) is 51.7 cm³/mol. The molecular formula is C9H13ClNO. The van der Waals surface area contributed by atoms with E-state index >= 15 is 0 Å². The minimum Gasteiger partial charge on any atom is -0.371 e. The van der Waals surface area contributed by atoms with Gasteiger partial charge in [-0.15, -0.1) is 12.4 Å². The molecule has 1 rings (SSSR count). The van der Waals surface area contributed by atoms with E-state index in [-0.39, 0.29) is 12.4 Å². The molecule has 67 valence electrons. The molecule has 0 unspecified atom stereocenters. The molecule has 1 aromatic rings. The third-order valence-electron chi connectivity index (χ3n) is 1.68. The van der Waals surface area contributed by atoms with Crippen LogP contribution in [0.5, 0.6) is 0 Å². The van der Waals surface area contributed by atoms with Crippen LogP contribution in [0.4, 0.5) is 0 Å². The molecule has 3 N–H and O–H groups in total. The second-order valence-corrected chi connectivity index (χ2v) is 2.48. The van der Waals surface area contributed by atoms with Gasteiger partial charge in [-0.25, -0.2) is 0 Å². The number of hydrogen-bond acceptors (Lipinski definition) is 2. The lowest BCUT2D eigenvalue weighted by molar-refractivity contribution is 0.0796. The standard InChI is InChI=1S/C9H12NO.ClH/c1-2-9(10,11)8-6-4-3-5-7-8;/h2-7,11H,10H2,1H3;1H/t9-;/m0./s1. The van der Waals surface area contributed by atoms with E-state index in [2.05, 4.69) is 0 Å². The summed E-state index contributed by atoms with van der Waals surface area (Å²) in [4.78, 5) is 0. The molecule has 0 saturated carbocycles. The number of halogens is 1. The molecule has 0 saturated heterocycles. The van der Waals surface area contributed by atoms with E-state index in [9.17, 15) is 5.11 Å². The van der Waals surface area contributed by atoms with Gasteiger partial charge < -0.3 is 5.11 Å². The Bertz CT molecular complexity index is 223. The smallest absolute Gasteiger partial charge is 0.142 e. The van der Waals surface area contributed by atoms with Gasteiger partial charge in [-0.3, -0.25) is 5.73 Å². The van der Waals surface area contributed by atoms with Crippen molar-refractivity contribution in [3.05, 3.63) is 42.3 Å². The van der Waals surface area contributed by atoms with E-state index in [4.69, 9.17) is 5.73 Å². The van der Waals surface area contributed by atoms with Crippen LogP contribution < -0.4 is 5.73 Å². The van der Waals surface area contributed by atoms with Crippen molar-refractivity contribution in [1.82, 2.24) is 0 Å². The summed E-state index contributed by atoms with van der Waals surface area (Å²) < 4.78 is 0. The van der Waals surface area contributed by atoms with Gasteiger partial charge in [0.25, 0.3) is 0 Å². The van der Waals surface area contributed by atoms with Crippen molar-refractivity contribution in [1.29, 1.82) is 0 Å². The lowest BCUT2D eigenvalue weighted by Crippen LogP contribution is -2.35. The van der Waals surface area contributed by atoms with Crippen molar-refractivity contribution in [3.63, 3.8) is 0 Å². The zero-order chi connectivity index (χ0) is 8.32. The summed E-state index contributed by atoms with van der Waals surface area (Å²) in [6, 6.07) is 9.16. The summed E-state index contributed by atoms with van der Waals surface area (Å²) in [5, 5.41) is 9.52. The zero-order valence-electron chi connectivity index (χ0n) is 6.90. The second-order valence-electron chi connectivity index (χ2n) is 2.48. The molecule has 0 aromatic heterocycles. The van der Waals surface area contributed by atoms with Gasteiger partial charge in [-0.2, -0.15) is 0 Å². The van der Waals surface area contributed by atoms with Gasteiger partial charge >= 0.3 is 0 Å². The molecule has 12 heavy (non-hydrogen) atoms. The van der Waals surface area contributed by atoms with Gasteiger partial charge in [0.1, 0.15) is 5.72 Å². The highest BCUT2D eigenvalue weighted by molar-refractivity contribution is 5.85. The van der Waals surface area contributed by atoms with Gasteiger partial charge in [0.05, 0.1) is 0 Å². The fraction of sp³-hybridized carbons (Fsp3) is 0.222. The third-order valence-corrected chi connectivity index (χ3v) is 1.68. The maximum Gasteiger partial charge on any atom is 0.142 e. The first-order chi connectivity index (χ1) is 5.17. The number of rotatable bonds is 2. The van der Waals surface area contributed by atoms with Crippen LogP contribution in [-0.4, -0.2) is 5.11 Å². The SMILES string of the molecule is C[CH][C@](N)(O)c1ccccc1.Cl. The topological polar surface area (TPSA) is 46.2 Å². The number of aliphatic hydroxyl groups is 1. The van der Waals surface area contributed by atoms with Crippen LogP contribution in [0, 0.1) is 6.42 Å². The summed E-state index contributed by atoms with van der Waals surface area (Å²) in [5.41, 5.74) is 4.96. The molecule has 1 radical (unpaired) electrons. The molecule has 0 aliphatic carbocycles. The van der Waals surface area contributed by atoms with Crippen molar-refractivity contribution in [2.24, 2.45) is 5.73 Å². The molecule has 2 nitrogen and oxygen atoms in total. The van der Waals surface area contributed by atoms with E-state index in [0.717, 1.165) is 0 Å². The average Bonchev–Trinajstić information content (AvgIpc) is 2.06. The lowest BCUT2D eigenvalue weighted by atomic mass is 10.0. The van der Waals surface area contributed by atoms with Gasteiger partial charge in [0.15, 0.2) is 0 Å². The molecule has 3 heteroatoms. The van der Waals surface area contributed by atoms with Crippen LogP contribution >= 0.6 is 12.4 Å². The van der Waals surface area contributed by atoms with Crippen molar-refractivity contribution < 1.29 is 5.11 Å². The van der Waals surface area contributed by atoms with Crippen LogP contribution in [0.3, 0.4) is 0 Å². The van der Waals surface area contributed by atoms with Crippen LogP contribution in [-0.2, 0) is 5.72 Å². The Morgan fingerprint density at radius 1 is 1.33 bits per heavy atom. The van der Waals surface area contributed by atoms with E-state index in [1.807, 2.05) is 18.2 Å². The molecule has 1 atom stereocenters. The second kappa shape index (κ2) is 4.45. The number of hydrogen-bond donors (Lipinski definition) is 2. The molecule has 0 heterocycles. The first kappa shape index (κ1) is 11.4. The highest BCUT2D eigenvalue weighted by Gasteiger charge is 2.20. The highest BCUT2D eigenvalue weighted by atomic mass is 35.5. The Labute approximate surface area is 78.8 Å². The van der Waals surface area contributed by atoms with Gasteiger partial charge in [0, 0.05) is 6.42 Å². The highest BCUT2D eigenvalue weighted by Crippen LogP contribution is 2.16. The summed E-state index contributed by atoms with van der Waals surface area (Å²) in [5.74, 6) is 0. The van der Waals surface area contributed by atoms with Crippen molar-refractivity contribution in [2.75, 3.05) is 0 Å². The normalized spacial score (nSPS) is 14.6. The largest absolute Gasteiger partial charge is 0.371 e. The molecule has 0 amide bonds. The molecule has 0 spiro atoms. The maximum atomic E-state index is 9.52. The van der Waals surface area contributed by atoms with Crippen molar-refractivity contribution in [2.45, 2.75) is 12.6 Å². The Balaban J connectivity index is 0.00000121. The monoisotopic (exact) mass is 186 g/mol. The predicted octanol–water partition coefficient (Wildman–Crippen LogP) is 1.44. The minimum absolute atomic E-state index is 0. The first-order valence-electron chi connectivity index (χ1n) is 3.54. The van der Waals surface area contributed by atoms with Crippen LogP contribution in [0.2, 0.25) is 0 Å². The molecule has 0 aliphatic heterocycles. The maximum absolute atomic E-state index is 9.52. The number of benzene rings is 1. The van der Waals surface area contributed by atoms with Crippen LogP contribution in [0.15, 0.2) is 30.3 Å². The zero-order valence-corrected chi connectivity index (χ0v) is 7.71. The fourth-order valence-electron chi connectivity index (χ4n) is 0.872. The quantitative estimate of drug-likeness (QED) is 0.687. The Kier molecular flexibility index (Phi) is 4.24. The molecule has 0 aliphatic rings. The Morgan fingerprint density at radius 3 is 2.25 bits per heavy atom. The lowest BCUT2D eigenvalue weighted by Gasteiger charge is -2.20. The van der Waals surface area contributed by atoms with Gasteiger partial charge in [0.2, 0.25) is 0 Å². The first-order valence-corrected chi connectivity index (χ1v) is 3.54. The van der Waals surface area contributed by atoms with Crippen molar-refractivity contribution >= 4 is 12.4 Å². The summed E-state index contributed by atoms with van der Waals surface area (Å²) in [7, 11) is 0. The Hall–Kier alpha value is -0.570. The van der Waals surface area contributed by atoms with E-state index in [1.165, 1.54) is 0 Å². The van der Waals surface area contributed by atoms with Crippen molar-refractivity contribution in [3.8, 4) is 0 Å². The Morgan fingerprint density at radius 2 is 1.83 bits per heavy atom.